The van der Waals surface area contributed by atoms with Gasteiger partial charge in [-0.1, -0.05) is 0 Å². The van der Waals surface area contributed by atoms with Crippen LogP contribution in [0.3, 0.4) is 0 Å². The van der Waals surface area contributed by atoms with Crippen molar-refractivity contribution in [3.8, 4) is 0 Å². The maximum atomic E-state index is 11.7. The Balaban J connectivity index is 2.15. The molecule has 0 unspecified atom stereocenters. The van der Waals surface area contributed by atoms with Crippen molar-refractivity contribution in [3.05, 3.63) is 22.2 Å². The number of carboxylic acids is 1. The number of carboxylic acid groups (broad SMARTS) is 1. The van der Waals surface area contributed by atoms with Gasteiger partial charge in [0, 0.05) is 31.0 Å². The summed E-state index contributed by atoms with van der Waals surface area (Å²) in [6, 6.07) is 1.66. The predicted octanol–water partition coefficient (Wildman–Crippen LogP) is 1.73. The average molecular weight is 279 g/mol. The molecule has 0 atom stereocenters. The Kier molecular flexibility index (Phi) is 4.42. The molecule has 0 saturated heterocycles. The number of hydrogen-bond acceptors (Lipinski definition) is 4. The van der Waals surface area contributed by atoms with Gasteiger partial charge >= 0.3 is 5.97 Å². The van der Waals surface area contributed by atoms with E-state index in [0.717, 1.165) is 18.7 Å². The highest BCUT2D eigenvalue weighted by atomic mass is 16.4. The molecule has 6 heteroatoms. The van der Waals surface area contributed by atoms with Crippen LogP contribution in [0.4, 0.5) is 5.82 Å². The SMILES string of the molecule is CC(C)N(CCCC(=O)O)c1cc(=O)[nH]c(C2CC2)n1. The number of aromatic amines is 1. The molecular weight excluding hydrogens is 258 g/mol. The molecule has 1 aliphatic carbocycles. The minimum atomic E-state index is -0.800. The predicted molar refractivity (Wildman–Crippen MR) is 76.2 cm³/mol. The van der Waals surface area contributed by atoms with Crippen LogP contribution in [-0.2, 0) is 4.79 Å². The summed E-state index contributed by atoms with van der Waals surface area (Å²) in [5, 5.41) is 8.72. The van der Waals surface area contributed by atoms with E-state index >= 15 is 0 Å². The third kappa shape index (κ3) is 3.82. The molecular formula is C14H21N3O3. The minimum absolute atomic E-state index is 0.127. The Morgan fingerprint density at radius 1 is 1.55 bits per heavy atom. The molecule has 0 amide bonds. The Labute approximate surface area is 117 Å². The molecule has 1 aromatic rings. The number of anilines is 1. The van der Waals surface area contributed by atoms with E-state index in [9.17, 15) is 9.59 Å². The Morgan fingerprint density at radius 2 is 2.25 bits per heavy atom. The van der Waals surface area contributed by atoms with Crippen molar-refractivity contribution >= 4 is 11.8 Å². The number of nitrogens with zero attached hydrogens (tertiary/aromatic N) is 2. The van der Waals surface area contributed by atoms with Crippen LogP contribution in [0.1, 0.15) is 51.3 Å². The van der Waals surface area contributed by atoms with Crippen LogP contribution in [-0.4, -0.2) is 33.6 Å². The molecule has 1 aliphatic rings. The minimum Gasteiger partial charge on any atom is -0.481 e. The number of aliphatic carboxylic acids is 1. The molecule has 6 nitrogen and oxygen atoms in total. The lowest BCUT2D eigenvalue weighted by atomic mass is 10.2. The van der Waals surface area contributed by atoms with E-state index in [4.69, 9.17) is 5.11 Å². The molecule has 1 saturated carbocycles. The van der Waals surface area contributed by atoms with Crippen molar-refractivity contribution in [1.29, 1.82) is 0 Å². The first kappa shape index (κ1) is 14.6. The molecule has 0 aliphatic heterocycles. The lowest BCUT2D eigenvalue weighted by molar-refractivity contribution is -0.137. The van der Waals surface area contributed by atoms with Crippen molar-refractivity contribution in [2.45, 2.75) is 51.5 Å². The fourth-order valence-electron chi connectivity index (χ4n) is 2.20. The first-order valence-corrected chi connectivity index (χ1v) is 7.07. The zero-order valence-electron chi connectivity index (χ0n) is 11.9. The summed E-state index contributed by atoms with van der Waals surface area (Å²) < 4.78 is 0. The van der Waals surface area contributed by atoms with Crippen molar-refractivity contribution in [2.75, 3.05) is 11.4 Å². The number of hydrogen-bond donors (Lipinski definition) is 2. The second-order valence-corrected chi connectivity index (χ2v) is 5.55. The van der Waals surface area contributed by atoms with E-state index in [1.54, 1.807) is 0 Å². The highest BCUT2D eigenvalue weighted by molar-refractivity contribution is 5.66. The van der Waals surface area contributed by atoms with E-state index < -0.39 is 5.97 Å². The Hall–Kier alpha value is -1.85. The molecule has 0 radical (unpaired) electrons. The number of H-pyrrole nitrogens is 1. The van der Waals surface area contributed by atoms with Gasteiger partial charge in [0.25, 0.3) is 5.56 Å². The summed E-state index contributed by atoms with van der Waals surface area (Å²) in [4.78, 5) is 31.7. The average Bonchev–Trinajstić information content (AvgIpc) is 3.17. The summed E-state index contributed by atoms with van der Waals surface area (Å²) in [5.41, 5.74) is -0.138. The lowest BCUT2D eigenvalue weighted by Gasteiger charge is -2.27. The monoisotopic (exact) mass is 279 g/mol. The normalized spacial score (nSPS) is 14.6. The molecule has 0 aromatic carbocycles. The smallest absolute Gasteiger partial charge is 0.303 e. The van der Waals surface area contributed by atoms with Crippen LogP contribution in [0.15, 0.2) is 10.9 Å². The van der Waals surface area contributed by atoms with Gasteiger partial charge in [0.2, 0.25) is 0 Å². The molecule has 1 aromatic heterocycles. The van der Waals surface area contributed by atoms with Crippen molar-refractivity contribution < 1.29 is 9.90 Å². The van der Waals surface area contributed by atoms with Gasteiger partial charge in [0.1, 0.15) is 11.6 Å². The fourth-order valence-corrected chi connectivity index (χ4v) is 2.20. The molecule has 0 bridgehead atoms. The van der Waals surface area contributed by atoms with Crippen molar-refractivity contribution in [2.24, 2.45) is 0 Å². The van der Waals surface area contributed by atoms with Crippen LogP contribution in [0.25, 0.3) is 0 Å². The molecule has 1 heterocycles. The lowest BCUT2D eigenvalue weighted by Crippen LogP contribution is -2.34. The maximum Gasteiger partial charge on any atom is 0.303 e. The zero-order valence-corrected chi connectivity index (χ0v) is 11.9. The highest BCUT2D eigenvalue weighted by Crippen LogP contribution is 2.38. The van der Waals surface area contributed by atoms with Gasteiger partial charge in [0.15, 0.2) is 0 Å². The van der Waals surface area contributed by atoms with E-state index in [1.165, 1.54) is 6.07 Å². The summed E-state index contributed by atoms with van der Waals surface area (Å²) in [7, 11) is 0. The second kappa shape index (κ2) is 6.07. The third-order valence-electron chi connectivity index (χ3n) is 3.42. The largest absolute Gasteiger partial charge is 0.481 e. The van der Waals surface area contributed by atoms with E-state index in [0.29, 0.717) is 24.7 Å². The van der Waals surface area contributed by atoms with Crippen LogP contribution in [0.5, 0.6) is 0 Å². The summed E-state index contributed by atoms with van der Waals surface area (Å²) >= 11 is 0. The molecule has 1 fully saturated rings. The van der Waals surface area contributed by atoms with Gasteiger partial charge in [-0.2, -0.15) is 0 Å². The van der Waals surface area contributed by atoms with Gasteiger partial charge in [-0.15, -0.1) is 0 Å². The van der Waals surface area contributed by atoms with Crippen LogP contribution >= 0.6 is 0 Å². The van der Waals surface area contributed by atoms with Gasteiger partial charge in [0.05, 0.1) is 0 Å². The standard InChI is InChI=1S/C14H21N3O3/c1-9(2)17(7-3-4-13(19)20)11-8-12(18)16-14(15-11)10-5-6-10/h8-10H,3-7H2,1-2H3,(H,19,20)(H,15,16,18). The summed E-state index contributed by atoms with van der Waals surface area (Å²) in [5.74, 6) is 0.995. The first-order chi connectivity index (χ1) is 9.47. The van der Waals surface area contributed by atoms with Gasteiger partial charge in [-0.25, -0.2) is 4.98 Å². The van der Waals surface area contributed by atoms with E-state index in [2.05, 4.69) is 9.97 Å². The highest BCUT2D eigenvalue weighted by Gasteiger charge is 2.27. The molecule has 0 spiro atoms. The molecule has 2 N–H and O–H groups in total. The Bertz CT molecular complexity index is 535. The van der Waals surface area contributed by atoms with Crippen molar-refractivity contribution in [1.82, 2.24) is 9.97 Å². The van der Waals surface area contributed by atoms with Crippen LogP contribution in [0.2, 0.25) is 0 Å². The van der Waals surface area contributed by atoms with E-state index in [1.807, 2.05) is 18.7 Å². The molecule has 2 rings (SSSR count). The van der Waals surface area contributed by atoms with Gasteiger partial charge in [-0.05, 0) is 33.1 Å². The zero-order chi connectivity index (χ0) is 14.7. The summed E-state index contributed by atoms with van der Waals surface area (Å²) in [6.07, 6.45) is 2.82. The maximum absolute atomic E-state index is 11.7. The van der Waals surface area contributed by atoms with Crippen LogP contribution in [0, 0.1) is 0 Å². The Morgan fingerprint density at radius 3 is 2.80 bits per heavy atom. The summed E-state index contributed by atoms with van der Waals surface area (Å²) in [6.45, 7) is 4.62. The van der Waals surface area contributed by atoms with Crippen molar-refractivity contribution in [3.63, 3.8) is 0 Å². The molecule has 110 valence electrons. The number of rotatable bonds is 7. The van der Waals surface area contributed by atoms with Gasteiger partial charge in [-0.3, -0.25) is 9.59 Å². The number of aromatic nitrogens is 2. The first-order valence-electron chi connectivity index (χ1n) is 7.07. The van der Waals surface area contributed by atoms with Crippen LogP contribution < -0.4 is 10.5 Å². The van der Waals surface area contributed by atoms with E-state index in [-0.39, 0.29) is 18.0 Å². The number of nitrogens with one attached hydrogen (secondary N) is 1. The topological polar surface area (TPSA) is 86.3 Å². The fraction of sp³-hybridized carbons (Fsp3) is 0.643. The number of carbonyl (C=O) groups is 1. The second-order valence-electron chi connectivity index (χ2n) is 5.55. The third-order valence-corrected chi connectivity index (χ3v) is 3.42. The van der Waals surface area contributed by atoms with Gasteiger partial charge < -0.3 is 15.0 Å². The quantitative estimate of drug-likeness (QED) is 0.793. The molecule has 20 heavy (non-hydrogen) atoms.